The third-order valence-corrected chi connectivity index (χ3v) is 2.63. The van der Waals surface area contributed by atoms with Gasteiger partial charge in [-0.25, -0.2) is 0 Å². The number of rotatable bonds is 4. The Morgan fingerprint density at radius 3 is 2.53 bits per heavy atom. The Hall–Kier alpha value is -1.97. The van der Waals surface area contributed by atoms with Gasteiger partial charge in [0.1, 0.15) is 11.5 Å². The zero-order valence-electron chi connectivity index (χ0n) is 10.3. The van der Waals surface area contributed by atoms with Crippen LogP contribution in [0.15, 0.2) is 28.7 Å². The zero-order valence-corrected chi connectivity index (χ0v) is 10.3. The molecule has 17 heavy (non-hydrogen) atoms. The van der Waals surface area contributed by atoms with Gasteiger partial charge in [0.2, 0.25) is 0 Å². The second-order valence-corrected chi connectivity index (χ2v) is 3.80. The number of aryl methyl sites for hydroxylation is 1. The molecule has 0 aliphatic heterocycles. The number of benzene rings is 1. The van der Waals surface area contributed by atoms with Gasteiger partial charge in [-0.15, -0.1) is 0 Å². The summed E-state index contributed by atoms with van der Waals surface area (Å²) >= 11 is 0. The van der Waals surface area contributed by atoms with Crippen molar-refractivity contribution in [2.75, 3.05) is 19.5 Å². The predicted octanol–water partition coefficient (Wildman–Crippen LogP) is 2.62. The number of oxazole rings is 1. The molecule has 90 valence electrons. The second kappa shape index (κ2) is 4.91. The van der Waals surface area contributed by atoms with Crippen LogP contribution >= 0.6 is 0 Å². The lowest BCUT2D eigenvalue weighted by Crippen LogP contribution is -1.89. The van der Waals surface area contributed by atoms with Crippen LogP contribution in [-0.2, 0) is 6.42 Å². The highest BCUT2D eigenvalue weighted by atomic mass is 16.5. The van der Waals surface area contributed by atoms with Crippen molar-refractivity contribution in [1.82, 2.24) is 4.98 Å². The van der Waals surface area contributed by atoms with Crippen LogP contribution in [0.3, 0.4) is 0 Å². The van der Waals surface area contributed by atoms with Gasteiger partial charge >= 0.3 is 0 Å². The van der Waals surface area contributed by atoms with Gasteiger partial charge in [0.25, 0.3) is 6.01 Å². The van der Waals surface area contributed by atoms with Gasteiger partial charge < -0.3 is 14.5 Å². The van der Waals surface area contributed by atoms with E-state index in [2.05, 4.69) is 10.3 Å². The molecule has 1 N–H and O–H groups in total. The van der Waals surface area contributed by atoms with E-state index in [1.165, 1.54) is 5.56 Å². The maximum absolute atomic E-state index is 5.57. The molecule has 0 aliphatic rings. The standard InChI is InChI=1S/C13H16N2O2/c1-9-12(17-13(14-2)15-9)8-10-4-6-11(16-3)7-5-10/h4-7H,8H2,1-3H3,(H,14,15). The maximum Gasteiger partial charge on any atom is 0.294 e. The van der Waals surface area contributed by atoms with Gasteiger partial charge in [-0.05, 0) is 24.6 Å². The third-order valence-electron chi connectivity index (χ3n) is 2.63. The number of nitrogens with zero attached hydrogens (tertiary/aromatic N) is 1. The van der Waals surface area contributed by atoms with Crippen LogP contribution in [0.2, 0.25) is 0 Å². The molecule has 1 aromatic heterocycles. The first-order valence-electron chi connectivity index (χ1n) is 5.50. The molecule has 0 bridgehead atoms. The first-order valence-corrected chi connectivity index (χ1v) is 5.50. The summed E-state index contributed by atoms with van der Waals surface area (Å²) in [6, 6.07) is 8.51. The number of nitrogens with one attached hydrogen (secondary N) is 1. The molecule has 0 unspecified atom stereocenters. The van der Waals surface area contributed by atoms with Crippen LogP contribution in [0.4, 0.5) is 6.01 Å². The Balaban J connectivity index is 2.16. The van der Waals surface area contributed by atoms with Crippen molar-refractivity contribution in [1.29, 1.82) is 0 Å². The van der Waals surface area contributed by atoms with Gasteiger partial charge in [-0.1, -0.05) is 12.1 Å². The van der Waals surface area contributed by atoms with Crippen LogP contribution in [0.5, 0.6) is 5.75 Å². The van der Waals surface area contributed by atoms with Crippen LogP contribution in [-0.4, -0.2) is 19.1 Å². The molecular formula is C13H16N2O2. The van der Waals surface area contributed by atoms with Crippen LogP contribution in [0.1, 0.15) is 17.0 Å². The Kier molecular flexibility index (Phi) is 3.32. The van der Waals surface area contributed by atoms with Gasteiger partial charge in [-0.3, -0.25) is 0 Å². The molecule has 1 aromatic carbocycles. The fourth-order valence-electron chi connectivity index (χ4n) is 1.63. The Morgan fingerprint density at radius 2 is 2.00 bits per heavy atom. The van der Waals surface area contributed by atoms with Crippen molar-refractivity contribution in [3.8, 4) is 5.75 Å². The van der Waals surface area contributed by atoms with E-state index in [1.54, 1.807) is 14.2 Å². The van der Waals surface area contributed by atoms with Gasteiger partial charge in [0.05, 0.1) is 12.8 Å². The van der Waals surface area contributed by atoms with Crippen molar-refractivity contribution >= 4 is 6.01 Å². The largest absolute Gasteiger partial charge is 0.497 e. The minimum absolute atomic E-state index is 0.561. The summed E-state index contributed by atoms with van der Waals surface area (Å²) < 4.78 is 10.7. The molecule has 2 rings (SSSR count). The molecule has 4 nitrogen and oxygen atoms in total. The van der Waals surface area contributed by atoms with Crippen molar-refractivity contribution < 1.29 is 9.15 Å². The summed E-state index contributed by atoms with van der Waals surface area (Å²) in [6.45, 7) is 1.95. The van der Waals surface area contributed by atoms with Gasteiger partial charge in [0.15, 0.2) is 0 Å². The lowest BCUT2D eigenvalue weighted by Gasteiger charge is -2.02. The monoisotopic (exact) mass is 232 g/mol. The molecule has 0 spiro atoms. The van der Waals surface area contributed by atoms with E-state index < -0.39 is 0 Å². The highest BCUT2D eigenvalue weighted by Crippen LogP contribution is 2.19. The van der Waals surface area contributed by atoms with Crippen molar-refractivity contribution in [2.24, 2.45) is 0 Å². The number of aromatic nitrogens is 1. The Bertz CT molecular complexity index is 489. The summed E-state index contributed by atoms with van der Waals surface area (Å²) in [5, 5.41) is 2.89. The molecule has 0 amide bonds. The lowest BCUT2D eigenvalue weighted by molar-refractivity contribution is 0.414. The minimum atomic E-state index is 0.561. The smallest absolute Gasteiger partial charge is 0.294 e. The van der Waals surface area contributed by atoms with Crippen LogP contribution in [0, 0.1) is 6.92 Å². The predicted molar refractivity (Wildman–Crippen MR) is 66.6 cm³/mol. The molecule has 0 fully saturated rings. The average molecular weight is 232 g/mol. The number of anilines is 1. The molecule has 4 heteroatoms. The zero-order chi connectivity index (χ0) is 12.3. The molecule has 0 aliphatic carbocycles. The molecule has 0 saturated heterocycles. The van der Waals surface area contributed by atoms with Crippen molar-refractivity contribution in [3.05, 3.63) is 41.3 Å². The maximum atomic E-state index is 5.57. The van der Waals surface area contributed by atoms with Crippen molar-refractivity contribution in [2.45, 2.75) is 13.3 Å². The summed E-state index contributed by atoms with van der Waals surface area (Å²) in [6.07, 6.45) is 0.741. The van der Waals surface area contributed by atoms with E-state index in [9.17, 15) is 0 Å². The second-order valence-electron chi connectivity index (χ2n) is 3.80. The number of ether oxygens (including phenoxy) is 1. The number of methoxy groups -OCH3 is 1. The minimum Gasteiger partial charge on any atom is -0.497 e. The van der Waals surface area contributed by atoms with Gasteiger partial charge in [0, 0.05) is 13.5 Å². The third kappa shape index (κ3) is 2.58. The van der Waals surface area contributed by atoms with Crippen molar-refractivity contribution in [3.63, 3.8) is 0 Å². The molecule has 0 saturated carbocycles. The van der Waals surface area contributed by atoms with E-state index in [0.29, 0.717) is 6.01 Å². The molecular weight excluding hydrogens is 216 g/mol. The molecule has 1 heterocycles. The van der Waals surface area contributed by atoms with Crippen LogP contribution in [0.25, 0.3) is 0 Å². The average Bonchev–Trinajstić information content (AvgIpc) is 2.71. The van der Waals surface area contributed by atoms with E-state index in [-0.39, 0.29) is 0 Å². The fraction of sp³-hybridized carbons (Fsp3) is 0.308. The SMILES string of the molecule is CNc1nc(C)c(Cc2ccc(OC)cc2)o1. The van der Waals surface area contributed by atoms with Crippen LogP contribution < -0.4 is 10.1 Å². The molecule has 0 radical (unpaired) electrons. The van der Waals surface area contributed by atoms with Gasteiger partial charge in [-0.2, -0.15) is 4.98 Å². The fourth-order valence-corrected chi connectivity index (χ4v) is 1.63. The summed E-state index contributed by atoms with van der Waals surface area (Å²) in [7, 11) is 3.46. The highest BCUT2D eigenvalue weighted by molar-refractivity contribution is 5.32. The number of hydrogen-bond donors (Lipinski definition) is 1. The first kappa shape index (κ1) is 11.5. The lowest BCUT2D eigenvalue weighted by atomic mass is 10.1. The Labute approximate surface area is 101 Å². The van der Waals surface area contributed by atoms with E-state index >= 15 is 0 Å². The quantitative estimate of drug-likeness (QED) is 0.880. The normalized spacial score (nSPS) is 10.3. The Morgan fingerprint density at radius 1 is 1.29 bits per heavy atom. The highest BCUT2D eigenvalue weighted by Gasteiger charge is 2.09. The topological polar surface area (TPSA) is 47.3 Å². The summed E-state index contributed by atoms with van der Waals surface area (Å²) in [5.74, 6) is 1.75. The van der Waals surface area contributed by atoms with E-state index in [0.717, 1.165) is 23.6 Å². The molecule has 2 aromatic rings. The van der Waals surface area contributed by atoms with E-state index in [4.69, 9.17) is 9.15 Å². The van der Waals surface area contributed by atoms with E-state index in [1.807, 2.05) is 31.2 Å². The summed E-state index contributed by atoms with van der Waals surface area (Å²) in [5.41, 5.74) is 2.10. The molecule has 0 atom stereocenters. The number of hydrogen-bond acceptors (Lipinski definition) is 4. The summed E-state index contributed by atoms with van der Waals surface area (Å²) in [4.78, 5) is 4.26. The first-order chi connectivity index (χ1) is 8.22.